The lowest BCUT2D eigenvalue weighted by Gasteiger charge is -2.10. The first-order valence-electron chi connectivity index (χ1n) is 6.49. The number of ether oxygens (including phenoxy) is 3. The molecule has 1 aliphatic rings. The minimum absolute atomic E-state index is 0.286. The van der Waals surface area contributed by atoms with Crippen LogP contribution in [0.25, 0.3) is 0 Å². The van der Waals surface area contributed by atoms with Gasteiger partial charge < -0.3 is 19.9 Å². The second-order valence-electron chi connectivity index (χ2n) is 4.41. The molecule has 0 spiro atoms. The van der Waals surface area contributed by atoms with E-state index in [4.69, 9.17) is 19.9 Å². The predicted octanol–water partition coefficient (Wildman–Crippen LogP) is 1.72. The maximum Gasteiger partial charge on any atom is 0.119 e. The third kappa shape index (κ3) is 4.29. The van der Waals surface area contributed by atoms with Crippen molar-refractivity contribution < 1.29 is 14.2 Å². The highest BCUT2D eigenvalue weighted by Crippen LogP contribution is 2.12. The second-order valence-corrected chi connectivity index (χ2v) is 4.41. The summed E-state index contributed by atoms with van der Waals surface area (Å²) in [5.41, 5.74) is 6.65. The quantitative estimate of drug-likeness (QED) is 0.750. The van der Waals surface area contributed by atoms with Crippen LogP contribution in [0.2, 0.25) is 0 Å². The average molecular weight is 251 g/mol. The zero-order valence-corrected chi connectivity index (χ0v) is 10.6. The molecule has 1 aliphatic heterocycles. The van der Waals surface area contributed by atoms with Gasteiger partial charge in [0, 0.05) is 19.6 Å². The first-order chi connectivity index (χ1) is 8.88. The van der Waals surface area contributed by atoms with Crippen LogP contribution in [0.4, 0.5) is 0 Å². The van der Waals surface area contributed by atoms with Crippen LogP contribution in [-0.2, 0) is 16.0 Å². The van der Waals surface area contributed by atoms with E-state index in [9.17, 15) is 0 Å². The summed E-state index contributed by atoms with van der Waals surface area (Å²) in [7, 11) is 0. The maximum absolute atomic E-state index is 5.66. The Morgan fingerprint density at radius 2 is 2.06 bits per heavy atom. The van der Waals surface area contributed by atoms with Gasteiger partial charge in [-0.3, -0.25) is 0 Å². The van der Waals surface area contributed by atoms with Gasteiger partial charge in [-0.1, -0.05) is 12.1 Å². The summed E-state index contributed by atoms with van der Waals surface area (Å²) in [6, 6.07) is 7.88. The Bertz CT molecular complexity index is 333. The van der Waals surface area contributed by atoms with Crippen LogP contribution in [0.1, 0.15) is 18.4 Å². The lowest BCUT2D eigenvalue weighted by molar-refractivity contribution is 0.0366. The normalized spacial score (nSPS) is 19.1. The Balaban J connectivity index is 1.56. The van der Waals surface area contributed by atoms with Crippen LogP contribution >= 0.6 is 0 Å². The Kier molecular flexibility index (Phi) is 5.45. The van der Waals surface area contributed by atoms with Gasteiger partial charge in [0.15, 0.2) is 0 Å². The number of nitrogens with two attached hydrogens (primary N) is 1. The lowest BCUT2D eigenvalue weighted by Crippen LogP contribution is -2.14. The van der Waals surface area contributed by atoms with E-state index in [2.05, 4.69) is 0 Å². The van der Waals surface area contributed by atoms with Gasteiger partial charge in [0.2, 0.25) is 0 Å². The molecule has 1 saturated heterocycles. The molecule has 0 amide bonds. The topological polar surface area (TPSA) is 53.7 Å². The van der Waals surface area contributed by atoms with Crippen molar-refractivity contribution in [3.8, 4) is 5.75 Å². The van der Waals surface area contributed by atoms with Crippen LogP contribution in [0.3, 0.4) is 0 Å². The van der Waals surface area contributed by atoms with E-state index in [0.29, 0.717) is 13.2 Å². The molecule has 0 aromatic heterocycles. The summed E-state index contributed by atoms with van der Waals surface area (Å²) in [5, 5.41) is 0. The van der Waals surface area contributed by atoms with Crippen LogP contribution < -0.4 is 10.5 Å². The monoisotopic (exact) mass is 251 g/mol. The predicted molar refractivity (Wildman–Crippen MR) is 69.6 cm³/mol. The molecule has 4 heteroatoms. The molecule has 100 valence electrons. The van der Waals surface area contributed by atoms with Crippen LogP contribution in [0.15, 0.2) is 24.3 Å². The summed E-state index contributed by atoms with van der Waals surface area (Å²) < 4.78 is 16.5. The molecule has 0 radical (unpaired) electrons. The highest BCUT2D eigenvalue weighted by molar-refractivity contribution is 5.26. The summed E-state index contributed by atoms with van der Waals surface area (Å²) in [4.78, 5) is 0. The maximum atomic E-state index is 5.66. The Labute approximate surface area is 108 Å². The molecule has 2 N–H and O–H groups in total. The minimum atomic E-state index is 0.286. The molecule has 1 unspecified atom stereocenters. The van der Waals surface area contributed by atoms with Crippen molar-refractivity contribution in [2.75, 3.05) is 26.4 Å². The van der Waals surface area contributed by atoms with Crippen LogP contribution in [0, 0.1) is 0 Å². The zero-order valence-electron chi connectivity index (χ0n) is 10.6. The molecule has 1 fully saturated rings. The third-order valence-electron chi connectivity index (χ3n) is 2.96. The van der Waals surface area contributed by atoms with Crippen molar-refractivity contribution in [3.63, 3.8) is 0 Å². The highest BCUT2D eigenvalue weighted by atomic mass is 16.5. The minimum Gasteiger partial charge on any atom is -0.494 e. The van der Waals surface area contributed by atoms with E-state index in [-0.39, 0.29) is 6.10 Å². The van der Waals surface area contributed by atoms with Gasteiger partial charge in [-0.05, 0) is 24.1 Å². The average Bonchev–Trinajstić information content (AvgIpc) is 2.92. The Morgan fingerprint density at radius 3 is 2.72 bits per heavy atom. The van der Waals surface area contributed by atoms with E-state index < -0.39 is 0 Å². The van der Waals surface area contributed by atoms with Gasteiger partial charge in [0.05, 0.1) is 25.9 Å². The van der Waals surface area contributed by atoms with Crippen molar-refractivity contribution >= 4 is 0 Å². The van der Waals surface area contributed by atoms with Gasteiger partial charge >= 0.3 is 0 Å². The van der Waals surface area contributed by atoms with Gasteiger partial charge in [0.1, 0.15) is 5.75 Å². The fourth-order valence-electron chi connectivity index (χ4n) is 1.87. The molecule has 1 atom stereocenters. The fraction of sp³-hybridized carbons (Fsp3) is 0.571. The van der Waals surface area contributed by atoms with Gasteiger partial charge in [-0.25, -0.2) is 0 Å². The molecule has 18 heavy (non-hydrogen) atoms. The van der Waals surface area contributed by atoms with Gasteiger partial charge in [-0.2, -0.15) is 0 Å². The van der Waals surface area contributed by atoms with Crippen molar-refractivity contribution in [1.29, 1.82) is 0 Å². The fourth-order valence-corrected chi connectivity index (χ4v) is 1.87. The van der Waals surface area contributed by atoms with E-state index >= 15 is 0 Å². The van der Waals surface area contributed by atoms with Crippen molar-refractivity contribution in [3.05, 3.63) is 29.8 Å². The van der Waals surface area contributed by atoms with E-state index in [1.165, 1.54) is 0 Å². The largest absolute Gasteiger partial charge is 0.494 e. The highest BCUT2D eigenvalue weighted by Gasteiger charge is 2.15. The molecule has 0 aliphatic carbocycles. The van der Waals surface area contributed by atoms with Crippen molar-refractivity contribution in [2.45, 2.75) is 25.5 Å². The smallest absolute Gasteiger partial charge is 0.119 e. The molecule has 1 heterocycles. The standard InChI is InChI=1S/C14H21NO3/c15-10-12-2-4-13(5-3-12)17-7-1-8-18-14-6-9-16-11-14/h2-5,14H,1,6-11,15H2. The molecule has 0 bridgehead atoms. The van der Waals surface area contributed by atoms with Crippen LogP contribution in [-0.4, -0.2) is 32.5 Å². The molecule has 1 aromatic carbocycles. The second kappa shape index (κ2) is 7.36. The molecular weight excluding hydrogens is 230 g/mol. The van der Waals surface area contributed by atoms with Crippen molar-refractivity contribution in [2.24, 2.45) is 5.73 Å². The van der Waals surface area contributed by atoms with E-state index in [0.717, 1.165) is 44.0 Å². The molecular formula is C14H21NO3. The summed E-state index contributed by atoms with van der Waals surface area (Å²) >= 11 is 0. The summed E-state index contributed by atoms with van der Waals surface area (Å²) in [6.45, 7) is 3.54. The molecule has 4 nitrogen and oxygen atoms in total. The number of hydrogen-bond acceptors (Lipinski definition) is 4. The summed E-state index contributed by atoms with van der Waals surface area (Å²) in [6.07, 6.45) is 2.20. The first-order valence-corrected chi connectivity index (χ1v) is 6.49. The van der Waals surface area contributed by atoms with Crippen LogP contribution in [0.5, 0.6) is 5.75 Å². The molecule has 1 aromatic rings. The van der Waals surface area contributed by atoms with Crippen molar-refractivity contribution in [1.82, 2.24) is 0 Å². The van der Waals surface area contributed by atoms with E-state index in [1.807, 2.05) is 24.3 Å². The first kappa shape index (κ1) is 13.3. The third-order valence-corrected chi connectivity index (χ3v) is 2.96. The number of benzene rings is 1. The number of rotatable bonds is 7. The SMILES string of the molecule is NCc1ccc(OCCCOC2CCOC2)cc1. The molecule has 2 rings (SSSR count). The lowest BCUT2D eigenvalue weighted by atomic mass is 10.2. The Hall–Kier alpha value is -1.10. The summed E-state index contributed by atoms with van der Waals surface area (Å²) in [5.74, 6) is 0.886. The molecule has 0 saturated carbocycles. The van der Waals surface area contributed by atoms with Gasteiger partial charge in [0.25, 0.3) is 0 Å². The number of hydrogen-bond donors (Lipinski definition) is 1. The van der Waals surface area contributed by atoms with E-state index in [1.54, 1.807) is 0 Å². The van der Waals surface area contributed by atoms with Gasteiger partial charge in [-0.15, -0.1) is 0 Å². The zero-order chi connectivity index (χ0) is 12.6. The Morgan fingerprint density at radius 1 is 1.22 bits per heavy atom.